The molecule has 5 heteroatoms. The van der Waals surface area contributed by atoms with Crippen molar-refractivity contribution in [2.24, 2.45) is 0 Å². The van der Waals surface area contributed by atoms with Gasteiger partial charge in [-0.25, -0.2) is 4.79 Å². The molecule has 1 aliphatic heterocycles. The van der Waals surface area contributed by atoms with Crippen LogP contribution in [0.2, 0.25) is 5.02 Å². The second kappa shape index (κ2) is 6.22. The number of carbonyl (C=O) groups is 1. The molecule has 120 valence electrons. The van der Waals surface area contributed by atoms with Gasteiger partial charge in [0.15, 0.2) is 5.72 Å². The van der Waals surface area contributed by atoms with Crippen LogP contribution in [0, 0.1) is 0 Å². The number of urea groups is 1. The maximum Gasteiger partial charge on any atom is 0.324 e. The average Bonchev–Trinajstić information content (AvgIpc) is 2.56. The Bertz CT molecular complexity index is 720. The Balaban J connectivity index is 2.33. The fourth-order valence-corrected chi connectivity index (χ4v) is 3.34. The monoisotopic (exact) mass is 330 g/mol. The molecule has 1 atom stereocenters. The number of amides is 2. The molecule has 0 spiro atoms. The first-order valence-electron chi connectivity index (χ1n) is 7.71. The lowest BCUT2D eigenvalue weighted by Gasteiger charge is -2.47. The highest BCUT2D eigenvalue weighted by atomic mass is 35.5. The molecule has 23 heavy (non-hydrogen) atoms. The van der Waals surface area contributed by atoms with Crippen LogP contribution in [-0.4, -0.2) is 24.1 Å². The SMILES string of the molecule is CCO[C@]1(c2ccccc2)c2cc(Cl)ccc2NC(=O)N1CC. The number of benzene rings is 2. The molecule has 0 aromatic heterocycles. The molecule has 2 aromatic rings. The number of hydrogen-bond donors (Lipinski definition) is 1. The van der Waals surface area contributed by atoms with Crippen LogP contribution in [0.4, 0.5) is 10.5 Å². The molecule has 0 aliphatic carbocycles. The summed E-state index contributed by atoms with van der Waals surface area (Å²) in [6.45, 7) is 4.83. The van der Waals surface area contributed by atoms with Crippen molar-refractivity contribution >= 4 is 23.3 Å². The predicted molar refractivity (Wildman–Crippen MR) is 91.7 cm³/mol. The van der Waals surface area contributed by atoms with Crippen molar-refractivity contribution in [3.8, 4) is 0 Å². The zero-order valence-electron chi connectivity index (χ0n) is 13.2. The number of fused-ring (bicyclic) bond motifs is 1. The zero-order chi connectivity index (χ0) is 16.4. The summed E-state index contributed by atoms with van der Waals surface area (Å²) < 4.78 is 6.22. The van der Waals surface area contributed by atoms with Crippen LogP contribution < -0.4 is 5.32 Å². The molecule has 0 radical (unpaired) electrons. The molecule has 0 bridgehead atoms. The molecule has 0 unspecified atom stereocenters. The highest BCUT2D eigenvalue weighted by Crippen LogP contribution is 2.45. The minimum atomic E-state index is -0.979. The van der Waals surface area contributed by atoms with Crippen molar-refractivity contribution in [2.45, 2.75) is 19.6 Å². The molecule has 2 amide bonds. The third kappa shape index (κ3) is 2.48. The number of nitrogens with one attached hydrogen (secondary N) is 1. The van der Waals surface area contributed by atoms with Crippen LogP contribution in [-0.2, 0) is 10.5 Å². The number of ether oxygens (including phenoxy) is 1. The van der Waals surface area contributed by atoms with Crippen LogP contribution >= 0.6 is 11.6 Å². The standard InChI is InChI=1S/C18H19ClN2O2/c1-3-21-17(22)20-16-11-10-14(19)12-15(16)18(21,23-4-2)13-8-6-5-7-9-13/h5-12H,3-4H2,1-2H3,(H,20,22)/t18-/m1/s1. The van der Waals surface area contributed by atoms with E-state index in [0.717, 1.165) is 16.8 Å². The quantitative estimate of drug-likeness (QED) is 0.900. The molecule has 2 aromatic carbocycles. The van der Waals surface area contributed by atoms with Crippen LogP contribution in [0.1, 0.15) is 25.0 Å². The van der Waals surface area contributed by atoms with Crippen molar-refractivity contribution in [2.75, 3.05) is 18.5 Å². The molecular formula is C18H19ClN2O2. The van der Waals surface area contributed by atoms with Crippen molar-refractivity contribution in [1.29, 1.82) is 0 Å². The van der Waals surface area contributed by atoms with Crippen LogP contribution in [0.25, 0.3) is 0 Å². The summed E-state index contributed by atoms with van der Waals surface area (Å²) >= 11 is 6.23. The Morgan fingerprint density at radius 2 is 1.91 bits per heavy atom. The lowest BCUT2D eigenvalue weighted by atomic mass is 9.89. The summed E-state index contributed by atoms with van der Waals surface area (Å²) in [5.41, 5.74) is 1.50. The number of carbonyl (C=O) groups excluding carboxylic acids is 1. The van der Waals surface area contributed by atoms with Crippen molar-refractivity contribution in [3.05, 3.63) is 64.7 Å². The first-order chi connectivity index (χ1) is 11.1. The summed E-state index contributed by atoms with van der Waals surface area (Å²) in [5, 5.41) is 3.53. The van der Waals surface area contributed by atoms with E-state index in [0.29, 0.717) is 18.2 Å². The van der Waals surface area contributed by atoms with Crippen LogP contribution in [0.5, 0.6) is 0 Å². The Morgan fingerprint density at radius 1 is 1.17 bits per heavy atom. The summed E-state index contributed by atoms with van der Waals surface area (Å²) in [4.78, 5) is 14.3. The van der Waals surface area contributed by atoms with Gasteiger partial charge in [-0.1, -0.05) is 41.9 Å². The van der Waals surface area contributed by atoms with E-state index in [1.54, 1.807) is 11.0 Å². The Hall–Kier alpha value is -2.04. The molecule has 1 N–H and O–H groups in total. The molecule has 0 saturated heterocycles. The Kier molecular flexibility index (Phi) is 4.28. The number of hydrogen-bond acceptors (Lipinski definition) is 2. The predicted octanol–water partition coefficient (Wildman–Crippen LogP) is 4.45. The Morgan fingerprint density at radius 3 is 2.57 bits per heavy atom. The second-order valence-corrected chi connectivity index (χ2v) is 5.74. The fraction of sp³-hybridized carbons (Fsp3) is 0.278. The highest BCUT2D eigenvalue weighted by molar-refractivity contribution is 6.30. The first-order valence-corrected chi connectivity index (χ1v) is 8.09. The number of halogens is 1. The van der Waals surface area contributed by atoms with Gasteiger partial charge in [0.1, 0.15) is 0 Å². The van der Waals surface area contributed by atoms with Gasteiger partial charge in [0, 0.05) is 29.3 Å². The Labute approximate surface area is 141 Å². The van der Waals surface area contributed by atoms with Gasteiger partial charge in [0.2, 0.25) is 0 Å². The largest absolute Gasteiger partial charge is 0.347 e. The zero-order valence-corrected chi connectivity index (χ0v) is 13.9. The van der Waals surface area contributed by atoms with E-state index in [1.165, 1.54) is 0 Å². The first kappa shape index (κ1) is 15.8. The highest BCUT2D eigenvalue weighted by Gasteiger charge is 2.48. The van der Waals surface area contributed by atoms with E-state index < -0.39 is 5.72 Å². The average molecular weight is 331 g/mol. The normalized spacial score (nSPS) is 20.1. The van der Waals surface area contributed by atoms with Crippen molar-refractivity contribution < 1.29 is 9.53 Å². The maximum absolute atomic E-state index is 12.6. The second-order valence-electron chi connectivity index (χ2n) is 5.31. The van der Waals surface area contributed by atoms with Gasteiger partial charge in [0.25, 0.3) is 0 Å². The fourth-order valence-electron chi connectivity index (χ4n) is 3.17. The number of anilines is 1. The molecular weight excluding hydrogens is 312 g/mol. The molecule has 1 heterocycles. The van der Waals surface area contributed by atoms with Crippen molar-refractivity contribution in [3.63, 3.8) is 0 Å². The van der Waals surface area contributed by atoms with Gasteiger partial charge in [-0.2, -0.15) is 0 Å². The van der Waals surface area contributed by atoms with Gasteiger partial charge in [0.05, 0.1) is 5.69 Å². The van der Waals surface area contributed by atoms with E-state index in [2.05, 4.69) is 5.32 Å². The minimum Gasteiger partial charge on any atom is -0.347 e. The van der Waals surface area contributed by atoms with E-state index in [1.807, 2.05) is 56.3 Å². The van der Waals surface area contributed by atoms with Crippen LogP contribution in [0.3, 0.4) is 0 Å². The summed E-state index contributed by atoms with van der Waals surface area (Å²) in [6, 6.07) is 15.1. The maximum atomic E-state index is 12.6. The van der Waals surface area contributed by atoms with Crippen molar-refractivity contribution in [1.82, 2.24) is 4.90 Å². The molecule has 0 fully saturated rings. The van der Waals surface area contributed by atoms with Gasteiger partial charge in [-0.3, -0.25) is 4.90 Å². The number of rotatable bonds is 4. The van der Waals surface area contributed by atoms with Gasteiger partial charge in [-0.15, -0.1) is 0 Å². The van der Waals surface area contributed by atoms with Gasteiger partial charge in [-0.05, 0) is 32.0 Å². The minimum absolute atomic E-state index is 0.181. The van der Waals surface area contributed by atoms with E-state index in [-0.39, 0.29) is 6.03 Å². The van der Waals surface area contributed by atoms with E-state index >= 15 is 0 Å². The molecule has 1 aliphatic rings. The summed E-state index contributed by atoms with van der Waals surface area (Å²) in [5.74, 6) is 0. The molecule has 4 nitrogen and oxygen atoms in total. The lowest BCUT2D eigenvalue weighted by molar-refractivity contribution is -0.106. The topological polar surface area (TPSA) is 41.6 Å². The van der Waals surface area contributed by atoms with Crippen LogP contribution in [0.15, 0.2) is 48.5 Å². The molecule has 3 rings (SSSR count). The van der Waals surface area contributed by atoms with E-state index in [9.17, 15) is 4.79 Å². The van der Waals surface area contributed by atoms with Gasteiger partial charge < -0.3 is 10.1 Å². The number of nitrogens with zero attached hydrogens (tertiary/aromatic N) is 1. The summed E-state index contributed by atoms with van der Waals surface area (Å²) in [6.07, 6.45) is 0. The molecule has 0 saturated carbocycles. The third-order valence-corrected chi connectivity index (χ3v) is 4.28. The summed E-state index contributed by atoms with van der Waals surface area (Å²) in [7, 11) is 0. The van der Waals surface area contributed by atoms with E-state index in [4.69, 9.17) is 16.3 Å². The third-order valence-electron chi connectivity index (χ3n) is 4.05. The smallest absolute Gasteiger partial charge is 0.324 e. The lowest BCUT2D eigenvalue weighted by Crippen LogP contribution is -2.56. The van der Waals surface area contributed by atoms with Gasteiger partial charge >= 0.3 is 6.03 Å².